The van der Waals surface area contributed by atoms with Crippen molar-refractivity contribution >= 4 is 54.4 Å². The van der Waals surface area contributed by atoms with Crippen LogP contribution >= 0.6 is 0 Å². The molecule has 2 N–H and O–H groups in total. The topological polar surface area (TPSA) is 129 Å². The van der Waals surface area contributed by atoms with Crippen molar-refractivity contribution in [3.63, 3.8) is 0 Å². The van der Waals surface area contributed by atoms with E-state index in [1.807, 2.05) is 0 Å². The summed E-state index contributed by atoms with van der Waals surface area (Å²) in [6.45, 7) is 3.18. The number of benzene rings is 5. The van der Waals surface area contributed by atoms with Gasteiger partial charge in [-0.05, 0) is 25.7 Å². The Hall–Kier alpha value is -4.79. The molecule has 0 radical (unpaired) electrons. The highest BCUT2D eigenvalue weighted by atomic mass is 16.6. The van der Waals surface area contributed by atoms with E-state index in [2.05, 4.69) is 0 Å². The van der Waals surface area contributed by atoms with Crippen LogP contribution in [0.4, 0.5) is 0 Å². The summed E-state index contributed by atoms with van der Waals surface area (Å²) >= 11 is 0. The monoisotopic (exact) mass is 532 g/mol. The molecule has 1 aliphatic carbocycles. The third kappa shape index (κ3) is 2.81. The van der Waals surface area contributed by atoms with Gasteiger partial charge in [-0.15, -0.1) is 0 Å². The molecule has 0 amide bonds. The molecule has 9 heteroatoms. The number of aromatic hydroxyl groups is 2. The number of fused-ring (bicyclic) bond motifs is 1. The molecule has 1 aliphatic rings. The van der Waals surface area contributed by atoms with Crippen LogP contribution in [0.3, 0.4) is 0 Å². The zero-order chi connectivity index (χ0) is 28.1. The summed E-state index contributed by atoms with van der Waals surface area (Å²) in [5, 5.41) is 25.2. The number of rotatable bonds is 5. The van der Waals surface area contributed by atoms with Gasteiger partial charge in [0.1, 0.15) is 11.5 Å². The van der Waals surface area contributed by atoms with E-state index in [9.17, 15) is 24.6 Å². The Labute approximate surface area is 221 Å². The number of carbonyl (C=O) groups excluding carboxylic acids is 1. The lowest BCUT2D eigenvalue weighted by molar-refractivity contribution is -0.111. The van der Waals surface area contributed by atoms with Gasteiger partial charge in [0.05, 0.1) is 39.2 Å². The van der Waals surface area contributed by atoms with Crippen LogP contribution in [0.5, 0.6) is 34.5 Å². The van der Waals surface area contributed by atoms with E-state index in [-0.39, 0.29) is 57.3 Å². The summed E-state index contributed by atoms with van der Waals surface area (Å²) in [7, 11) is 5.55. The minimum Gasteiger partial charge on any atom is -0.504 e. The number of hydrogen-bond donors (Lipinski definition) is 2. The maximum Gasteiger partial charge on any atom is 0.194 e. The predicted molar refractivity (Wildman–Crippen MR) is 148 cm³/mol. The van der Waals surface area contributed by atoms with E-state index in [4.69, 9.17) is 18.9 Å². The lowest BCUT2D eigenvalue weighted by Gasteiger charge is -2.24. The van der Waals surface area contributed by atoms with Gasteiger partial charge < -0.3 is 29.2 Å². The van der Waals surface area contributed by atoms with Gasteiger partial charge in [-0.1, -0.05) is 5.57 Å². The third-order valence-electron chi connectivity index (χ3n) is 7.79. The summed E-state index contributed by atoms with van der Waals surface area (Å²) in [5.74, 6) is -0.645. The van der Waals surface area contributed by atoms with E-state index in [0.29, 0.717) is 49.0 Å². The molecule has 6 rings (SSSR count). The molecular weight excluding hydrogens is 508 g/mol. The first-order valence-electron chi connectivity index (χ1n) is 12.1. The summed E-state index contributed by atoms with van der Waals surface area (Å²) in [4.78, 5) is 40.2. The molecule has 198 valence electrons. The van der Waals surface area contributed by atoms with Crippen LogP contribution in [0.15, 0.2) is 27.3 Å². The molecule has 0 saturated carbocycles. The Kier molecular flexibility index (Phi) is 5.10. The number of Topliss-reactive ketones (excluding diaryl/α,β-unsaturated/α-hetero) is 1. The van der Waals surface area contributed by atoms with Crippen molar-refractivity contribution in [2.24, 2.45) is 0 Å². The van der Waals surface area contributed by atoms with Crippen molar-refractivity contribution in [3.8, 4) is 34.5 Å². The molecule has 0 heterocycles. The summed E-state index contributed by atoms with van der Waals surface area (Å²) in [6.07, 6.45) is 0.172. The van der Waals surface area contributed by atoms with Gasteiger partial charge in [-0.3, -0.25) is 14.4 Å². The number of carbonyl (C=O) groups is 1. The van der Waals surface area contributed by atoms with E-state index in [1.54, 1.807) is 6.92 Å². The van der Waals surface area contributed by atoms with Crippen LogP contribution in [-0.4, -0.2) is 44.4 Å². The second-order valence-electron chi connectivity index (χ2n) is 9.66. The fourth-order valence-electron chi connectivity index (χ4n) is 6.44. The Morgan fingerprint density at radius 2 is 1.26 bits per heavy atom. The number of phenolic OH excluding ortho intramolecular Hbond substituents is 2. The molecule has 5 aromatic rings. The molecule has 0 fully saturated rings. The average Bonchev–Trinajstić information content (AvgIpc) is 3.02. The minimum atomic E-state index is -0.523. The van der Waals surface area contributed by atoms with Crippen molar-refractivity contribution in [3.05, 3.63) is 49.3 Å². The first kappa shape index (κ1) is 24.5. The molecule has 5 aromatic carbocycles. The van der Waals surface area contributed by atoms with Crippen molar-refractivity contribution in [2.45, 2.75) is 20.3 Å². The highest BCUT2D eigenvalue weighted by Crippen LogP contribution is 2.57. The van der Waals surface area contributed by atoms with Gasteiger partial charge in [-0.2, -0.15) is 0 Å². The van der Waals surface area contributed by atoms with E-state index < -0.39 is 16.6 Å². The van der Waals surface area contributed by atoms with E-state index in [0.717, 1.165) is 0 Å². The summed E-state index contributed by atoms with van der Waals surface area (Å²) < 4.78 is 22.7. The first-order chi connectivity index (χ1) is 18.6. The lowest BCUT2D eigenvalue weighted by atomic mass is 9.83. The summed E-state index contributed by atoms with van der Waals surface area (Å²) in [5.41, 5.74) is 0.690. The number of hydrogen-bond acceptors (Lipinski definition) is 9. The van der Waals surface area contributed by atoms with Crippen LogP contribution in [0, 0.1) is 0 Å². The van der Waals surface area contributed by atoms with Crippen molar-refractivity contribution in [1.29, 1.82) is 0 Å². The zero-order valence-electron chi connectivity index (χ0n) is 22.1. The normalized spacial score (nSPS) is 13.2. The van der Waals surface area contributed by atoms with Crippen molar-refractivity contribution in [2.75, 3.05) is 28.4 Å². The molecule has 0 unspecified atom stereocenters. The molecule has 0 aliphatic heterocycles. The Morgan fingerprint density at radius 1 is 0.769 bits per heavy atom. The molecule has 0 atom stereocenters. The molecule has 0 spiro atoms. The standard InChI is InChI=1S/C30H24O9/c1-10-7-12-18-23-19(27(34)29(12)38-5)13(32)8-15(36-3)21(23)22-16(37-4)9-14(33)20-25(22)24(18)26(17(10)11(2)31)30(39-6)28(20)35/h8-9,34-35H,7H2,1-6H3/i5+2,6+2. The summed E-state index contributed by atoms with van der Waals surface area (Å²) in [6, 6.07) is 2.51. The maximum atomic E-state index is 13.5. The minimum absolute atomic E-state index is 0.00428. The fraction of sp³-hybridized carbons (Fsp3) is 0.233. The van der Waals surface area contributed by atoms with Crippen LogP contribution in [-0.2, 0) is 11.2 Å². The average molecular weight is 532 g/mol. The SMILES string of the molecule is COc1cc(=O)c2c(O)c(O[14CH3])c3c4c5c(c(O[14CH3])c(O)c6c(=O)cc(OC)c(c1c24)c65)C(C(C)=O)=C(C)C3. The lowest BCUT2D eigenvalue weighted by Crippen LogP contribution is -2.10. The van der Waals surface area contributed by atoms with Gasteiger partial charge >= 0.3 is 0 Å². The molecule has 0 bridgehead atoms. The van der Waals surface area contributed by atoms with Gasteiger partial charge in [-0.25, -0.2) is 0 Å². The van der Waals surface area contributed by atoms with Crippen LogP contribution in [0.25, 0.3) is 48.7 Å². The van der Waals surface area contributed by atoms with Crippen LogP contribution < -0.4 is 29.8 Å². The Bertz CT molecular complexity index is 2070. The number of allylic oxidation sites excluding steroid dienone is 2. The third-order valence-corrected chi connectivity index (χ3v) is 7.79. The number of phenols is 2. The van der Waals surface area contributed by atoms with Crippen LogP contribution in [0.2, 0.25) is 0 Å². The highest BCUT2D eigenvalue weighted by Gasteiger charge is 2.36. The quantitative estimate of drug-likeness (QED) is 0.252. The van der Waals surface area contributed by atoms with Crippen LogP contribution in [0.1, 0.15) is 25.0 Å². The highest BCUT2D eigenvalue weighted by molar-refractivity contribution is 6.41. The fourth-order valence-corrected chi connectivity index (χ4v) is 6.44. The van der Waals surface area contributed by atoms with Crippen molar-refractivity contribution < 1.29 is 34.0 Å². The molecule has 0 aromatic heterocycles. The second kappa shape index (κ2) is 8.10. The Morgan fingerprint density at radius 3 is 1.72 bits per heavy atom. The largest absolute Gasteiger partial charge is 0.504 e. The van der Waals surface area contributed by atoms with Gasteiger partial charge in [0, 0.05) is 55.8 Å². The second-order valence-corrected chi connectivity index (χ2v) is 9.66. The van der Waals surface area contributed by atoms with Crippen molar-refractivity contribution in [1.82, 2.24) is 0 Å². The molecule has 39 heavy (non-hydrogen) atoms. The Balaban J connectivity index is 2.21. The number of ether oxygens (including phenoxy) is 4. The molecule has 0 saturated heterocycles. The maximum absolute atomic E-state index is 13.5. The van der Waals surface area contributed by atoms with Gasteiger partial charge in [0.15, 0.2) is 39.6 Å². The smallest absolute Gasteiger partial charge is 0.194 e. The van der Waals surface area contributed by atoms with E-state index >= 15 is 0 Å². The molecular formula is C30H24O9. The van der Waals surface area contributed by atoms with E-state index in [1.165, 1.54) is 47.5 Å². The number of methoxy groups -OCH3 is 4. The van der Waals surface area contributed by atoms with Gasteiger partial charge in [0.2, 0.25) is 0 Å². The number of ketones is 1. The zero-order valence-corrected chi connectivity index (χ0v) is 22.1. The first-order valence-corrected chi connectivity index (χ1v) is 12.1. The van der Waals surface area contributed by atoms with Gasteiger partial charge in [0.25, 0.3) is 0 Å². The molecule has 9 nitrogen and oxygen atoms in total. The predicted octanol–water partition coefficient (Wildman–Crippen LogP) is 4.26.